The summed E-state index contributed by atoms with van der Waals surface area (Å²) in [4.78, 5) is 22.1. The van der Waals surface area contributed by atoms with Gasteiger partial charge in [0.05, 0.1) is 21.8 Å². The van der Waals surface area contributed by atoms with Crippen LogP contribution in [0.5, 0.6) is 0 Å². The van der Waals surface area contributed by atoms with Gasteiger partial charge in [0.25, 0.3) is 5.56 Å². The molecular weight excluding hydrogens is 403 g/mol. The molecule has 0 saturated carbocycles. The first-order valence-corrected chi connectivity index (χ1v) is 10.6. The number of rotatable bonds is 3. The minimum Gasteiger partial charge on any atom is -0.381 e. The minimum absolute atomic E-state index is 0.268. The van der Waals surface area contributed by atoms with Crippen LogP contribution in [0.15, 0.2) is 35.4 Å². The first-order valence-electron chi connectivity index (χ1n) is 9.75. The number of halogens is 1. The highest BCUT2D eigenvalue weighted by atomic mass is 32.1. The Kier molecular flexibility index (Phi) is 5.60. The maximum atomic E-state index is 14.9. The van der Waals surface area contributed by atoms with E-state index in [4.69, 9.17) is 0 Å². The van der Waals surface area contributed by atoms with Crippen molar-refractivity contribution in [2.24, 2.45) is 0 Å². The molecule has 0 spiro atoms. The fourth-order valence-corrected chi connectivity index (χ4v) is 4.52. The van der Waals surface area contributed by atoms with Crippen LogP contribution in [-0.2, 0) is 0 Å². The molecule has 8 heteroatoms. The van der Waals surface area contributed by atoms with Crippen molar-refractivity contribution in [3.05, 3.63) is 51.6 Å². The molecule has 3 heterocycles. The molecule has 1 aliphatic rings. The number of nitrogens with zero attached hydrogens (tertiary/aromatic N) is 4. The molecule has 0 bridgehead atoms. The van der Waals surface area contributed by atoms with Gasteiger partial charge in [0.2, 0.25) is 0 Å². The Labute approximate surface area is 178 Å². The van der Waals surface area contributed by atoms with E-state index in [-0.39, 0.29) is 11.4 Å². The maximum Gasteiger partial charge on any atom is 0.275 e. The zero-order valence-electron chi connectivity index (χ0n) is 17.1. The van der Waals surface area contributed by atoms with Gasteiger partial charge in [-0.25, -0.2) is 9.37 Å². The largest absolute Gasteiger partial charge is 0.381 e. The van der Waals surface area contributed by atoms with Crippen LogP contribution in [0.3, 0.4) is 0 Å². The Balaban J connectivity index is 1.66. The first-order chi connectivity index (χ1) is 14.3. The fraction of sp³-hybridized carbons (Fsp3) is 0.364. The number of aromatic nitrogens is 2. The quantitative estimate of drug-likeness (QED) is 0.652. The van der Waals surface area contributed by atoms with Crippen LogP contribution in [0.4, 0.5) is 10.1 Å². The van der Waals surface area contributed by atoms with Gasteiger partial charge in [0, 0.05) is 25.2 Å². The van der Waals surface area contributed by atoms with E-state index < -0.39 is 6.10 Å². The highest BCUT2D eigenvalue weighted by Crippen LogP contribution is 2.27. The molecule has 6 nitrogen and oxygen atoms in total. The zero-order valence-corrected chi connectivity index (χ0v) is 17.9. The van der Waals surface area contributed by atoms with Gasteiger partial charge < -0.3 is 14.9 Å². The molecule has 4 rings (SSSR count). The van der Waals surface area contributed by atoms with Gasteiger partial charge in [-0.1, -0.05) is 11.8 Å². The van der Waals surface area contributed by atoms with Crippen LogP contribution < -0.4 is 10.5 Å². The Hall–Kier alpha value is -2.73. The van der Waals surface area contributed by atoms with Crippen molar-refractivity contribution in [3.63, 3.8) is 0 Å². The number of anilines is 1. The van der Waals surface area contributed by atoms with Crippen molar-refractivity contribution in [2.75, 3.05) is 32.1 Å². The summed E-state index contributed by atoms with van der Waals surface area (Å²) in [6.07, 6.45) is 1.66. The summed E-state index contributed by atoms with van der Waals surface area (Å²) in [6.45, 7) is 3.16. The normalized spacial score (nSPS) is 17.4. The Bertz CT molecular complexity index is 1210. The third-order valence-corrected chi connectivity index (χ3v) is 6.31. The number of benzene rings is 1. The predicted molar refractivity (Wildman–Crippen MR) is 118 cm³/mol. The first kappa shape index (κ1) is 20.5. The lowest BCUT2D eigenvalue weighted by molar-refractivity contribution is 0.253. The number of hydrogen-bond donors (Lipinski definition) is 1. The highest BCUT2D eigenvalue weighted by Gasteiger charge is 2.26. The predicted octanol–water partition coefficient (Wildman–Crippen LogP) is 2.46. The monoisotopic (exact) mass is 426 g/mol. The Morgan fingerprint density at radius 1 is 1.37 bits per heavy atom. The molecule has 1 saturated heterocycles. The van der Waals surface area contributed by atoms with Gasteiger partial charge in [-0.2, -0.15) is 0 Å². The van der Waals surface area contributed by atoms with Gasteiger partial charge in [-0.05, 0) is 45.6 Å². The number of hydrogen-bond acceptors (Lipinski definition) is 6. The summed E-state index contributed by atoms with van der Waals surface area (Å²) in [5.74, 6) is 5.15. The molecule has 30 heavy (non-hydrogen) atoms. The molecule has 0 radical (unpaired) electrons. The van der Waals surface area contributed by atoms with E-state index in [1.165, 1.54) is 28.3 Å². The van der Waals surface area contributed by atoms with E-state index in [9.17, 15) is 14.3 Å². The summed E-state index contributed by atoms with van der Waals surface area (Å²) in [6, 6.07) is 6.99. The Morgan fingerprint density at radius 3 is 2.83 bits per heavy atom. The second kappa shape index (κ2) is 8.19. The average molecular weight is 427 g/mol. The van der Waals surface area contributed by atoms with Crippen molar-refractivity contribution in [2.45, 2.75) is 25.5 Å². The molecule has 3 aromatic rings. The van der Waals surface area contributed by atoms with Crippen molar-refractivity contribution >= 4 is 27.2 Å². The summed E-state index contributed by atoms with van der Waals surface area (Å²) in [5, 5.41) is 9.31. The zero-order chi connectivity index (χ0) is 21.4. The van der Waals surface area contributed by atoms with Gasteiger partial charge in [0.15, 0.2) is 0 Å². The molecule has 1 aliphatic heterocycles. The summed E-state index contributed by atoms with van der Waals surface area (Å²) < 4.78 is 16.7. The SMILES string of the molecule is CC(O)C#Cc1cc2ncn(-c3ccc(N4CC[C@@H](N(C)C)C4)c(F)c3)c(=O)c2s1. The second-order valence-electron chi connectivity index (χ2n) is 7.68. The van der Waals surface area contributed by atoms with Crippen LogP contribution in [0.1, 0.15) is 18.2 Å². The van der Waals surface area contributed by atoms with Gasteiger partial charge in [0.1, 0.15) is 22.9 Å². The van der Waals surface area contributed by atoms with Crippen LogP contribution in [-0.4, -0.2) is 58.9 Å². The Morgan fingerprint density at radius 2 is 2.17 bits per heavy atom. The summed E-state index contributed by atoms with van der Waals surface area (Å²) in [7, 11) is 4.07. The van der Waals surface area contributed by atoms with E-state index >= 15 is 0 Å². The number of fused-ring (bicyclic) bond motifs is 1. The van der Waals surface area contributed by atoms with Crippen LogP contribution in [0, 0.1) is 17.7 Å². The summed E-state index contributed by atoms with van der Waals surface area (Å²) >= 11 is 1.22. The standard InChI is InChI=1S/C22H23FN4O2S/c1-14(28)4-6-17-11-19-21(30-17)22(29)27(13-24-19)15-5-7-20(18(23)10-15)26-9-8-16(12-26)25(2)3/h5,7,10-11,13-14,16,28H,8-9,12H2,1-3H3/t14?,16-/m1/s1. The molecule has 2 aromatic heterocycles. The van der Waals surface area contributed by atoms with Crippen LogP contribution in [0.2, 0.25) is 0 Å². The number of likely N-dealkylation sites (N-methyl/N-ethyl adjacent to an activating group) is 1. The molecule has 0 aliphatic carbocycles. The van der Waals surface area contributed by atoms with Crippen molar-refractivity contribution in [1.82, 2.24) is 14.5 Å². The minimum atomic E-state index is -0.745. The summed E-state index contributed by atoms with van der Waals surface area (Å²) in [5.41, 5.74) is 1.26. The fourth-order valence-electron chi connectivity index (χ4n) is 3.62. The van der Waals surface area contributed by atoms with E-state index in [2.05, 4.69) is 21.7 Å². The molecule has 2 atom stereocenters. The lowest BCUT2D eigenvalue weighted by Gasteiger charge is -2.22. The molecule has 1 unspecified atom stereocenters. The van der Waals surface area contributed by atoms with E-state index in [1.807, 2.05) is 19.0 Å². The molecule has 1 aromatic carbocycles. The lowest BCUT2D eigenvalue weighted by atomic mass is 10.2. The third-order valence-electron chi connectivity index (χ3n) is 5.29. The molecular formula is C22H23FN4O2S. The van der Waals surface area contributed by atoms with Crippen LogP contribution in [0.25, 0.3) is 15.9 Å². The van der Waals surface area contributed by atoms with E-state index in [0.29, 0.717) is 32.5 Å². The van der Waals surface area contributed by atoms with Crippen molar-refractivity contribution < 1.29 is 9.50 Å². The number of thiophene rings is 1. The molecule has 1 fully saturated rings. The average Bonchev–Trinajstić information content (AvgIpc) is 3.34. The van der Waals surface area contributed by atoms with Gasteiger partial charge in [-0.15, -0.1) is 11.3 Å². The third kappa shape index (κ3) is 3.97. The molecule has 1 N–H and O–H groups in total. The molecule has 0 amide bonds. The topological polar surface area (TPSA) is 61.6 Å². The van der Waals surface area contributed by atoms with Gasteiger partial charge >= 0.3 is 0 Å². The lowest BCUT2D eigenvalue weighted by Crippen LogP contribution is -2.31. The van der Waals surface area contributed by atoms with Crippen molar-refractivity contribution in [1.29, 1.82) is 0 Å². The second-order valence-corrected chi connectivity index (χ2v) is 8.73. The van der Waals surface area contributed by atoms with Crippen LogP contribution >= 0.6 is 11.3 Å². The molecule has 156 valence electrons. The smallest absolute Gasteiger partial charge is 0.275 e. The highest BCUT2D eigenvalue weighted by molar-refractivity contribution is 7.19. The number of aliphatic hydroxyl groups is 1. The number of aliphatic hydroxyl groups excluding tert-OH is 1. The maximum absolute atomic E-state index is 14.9. The van der Waals surface area contributed by atoms with E-state index in [1.54, 1.807) is 25.1 Å². The van der Waals surface area contributed by atoms with Crippen molar-refractivity contribution in [3.8, 4) is 17.5 Å². The van der Waals surface area contributed by atoms with Gasteiger partial charge in [-0.3, -0.25) is 9.36 Å². The van der Waals surface area contributed by atoms with E-state index in [0.717, 1.165) is 19.5 Å².